The quantitative estimate of drug-likeness (QED) is 0.467. The fourth-order valence-electron chi connectivity index (χ4n) is 5.86. The monoisotopic (exact) mass is 471 g/mol. The molecule has 4 rings (SSSR count). The van der Waals surface area contributed by atoms with Crippen LogP contribution in [0.5, 0.6) is 0 Å². The van der Waals surface area contributed by atoms with E-state index in [1.807, 2.05) is 6.07 Å². The zero-order valence-electron chi connectivity index (χ0n) is 22.3. The molecule has 4 heteroatoms. The number of nitrogens with zero attached hydrogens (tertiary/aromatic N) is 2. The van der Waals surface area contributed by atoms with Crippen molar-refractivity contribution in [2.75, 3.05) is 18.0 Å². The highest BCUT2D eigenvalue weighted by Gasteiger charge is 2.44. The van der Waals surface area contributed by atoms with Crippen LogP contribution in [0.3, 0.4) is 0 Å². The van der Waals surface area contributed by atoms with Crippen LogP contribution < -0.4 is 4.90 Å². The SMILES string of the molecule is CCc1ccc2c(c1)C(C)(C)C(/C=C/C=C1/N(CC)c3ccc(CC(=O)O)cc3C1(C)C)=[N+]2CC. The molecule has 2 aliphatic rings. The van der Waals surface area contributed by atoms with E-state index in [1.54, 1.807) is 0 Å². The van der Waals surface area contributed by atoms with Crippen molar-refractivity contribution in [3.8, 4) is 0 Å². The van der Waals surface area contributed by atoms with Crippen molar-refractivity contribution in [3.05, 3.63) is 82.6 Å². The van der Waals surface area contributed by atoms with Gasteiger partial charge in [-0.15, -0.1) is 0 Å². The van der Waals surface area contributed by atoms with Crippen LogP contribution in [-0.2, 0) is 28.5 Å². The molecule has 1 N–H and O–H groups in total. The Morgan fingerprint density at radius 1 is 0.971 bits per heavy atom. The number of fused-ring (bicyclic) bond motifs is 2. The van der Waals surface area contributed by atoms with Crippen molar-refractivity contribution in [2.24, 2.45) is 0 Å². The number of benzene rings is 2. The molecule has 0 bridgehead atoms. The van der Waals surface area contributed by atoms with Gasteiger partial charge < -0.3 is 10.0 Å². The molecule has 0 aliphatic carbocycles. The Morgan fingerprint density at radius 2 is 1.66 bits per heavy atom. The highest BCUT2D eigenvalue weighted by Crippen LogP contribution is 2.48. The molecule has 35 heavy (non-hydrogen) atoms. The van der Waals surface area contributed by atoms with E-state index in [-0.39, 0.29) is 17.3 Å². The summed E-state index contributed by atoms with van der Waals surface area (Å²) in [5.74, 6) is -0.796. The van der Waals surface area contributed by atoms with Crippen molar-refractivity contribution in [1.29, 1.82) is 0 Å². The molecule has 0 atom stereocenters. The Bertz CT molecular complexity index is 1260. The second kappa shape index (κ2) is 9.14. The summed E-state index contributed by atoms with van der Waals surface area (Å²) in [6, 6.07) is 13.0. The minimum atomic E-state index is -0.796. The van der Waals surface area contributed by atoms with Crippen LogP contribution in [0.15, 0.2) is 60.3 Å². The predicted octanol–water partition coefficient (Wildman–Crippen LogP) is 6.53. The van der Waals surface area contributed by atoms with Gasteiger partial charge in [0.1, 0.15) is 6.54 Å². The molecule has 0 unspecified atom stereocenters. The second-order valence-electron chi connectivity index (χ2n) is 10.7. The first-order valence-electron chi connectivity index (χ1n) is 12.9. The summed E-state index contributed by atoms with van der Waals surface area (Å²) in [7, 11) is 0. The lowest BCUT2D eigenvalue weighted by Crippen LogP contribution is -2.28. The molecule has 0 aromatic heterocycles. The summed E-state index contributed by atoms with van der Waals surface area (Å²) in [5.41, 5.74) is 9.62. The minimum absolute atomic E-state index is 0.0506. The van der Waals surface area contributed by atoms with Gasteiger partial charge in [-0.25, -0.2) is 0 Å². The summed E-state index contributed by atoms with van der Waals surface area (Å²) in [6.45, 7) is 17.5. The zero-order valence-corrected chi connectivity index (χ0v) is 22.3. The van der Waals surface area contributed by atoms with E-state index in [0.717, 1.165) is 25.1 Å². The topological polar surface area (TPSA) is 43.6 Å². The van der Waals surface area contributed by atoms with Crippen LogP contribution in [0.25, 0.3) is 0 Å². The number of carboxylic acids is 1. The van der Waals surface area contributed by atoms with Crippen LogP contribution in [-0.4, -0.2) is 34.5 Å². The van der Waals surface area contributed by atoms with Crippen LogP contribution in [0, 0.1) is 0 Å². The molecule has 2 aliphatic heterocycles. The lowest BCUT2D eigenvalue weighted by Gasteiger charge is -2.25. The first-order valence-corrected chi connectivity index (χ1v) is 12.9. The first-order chi connectivity index (χ1) is 16.6. The molecule has 4 nitrogen and oxygen atoms in total. The lowest BCUT2D eigenvalue weighted by molar-refractivity contribution is -0.433. The molecule has 2 heterocycles. The van der Waals surface area contributed by atoms with Gasteiger partial charge in [0, 0.05) is 41.1 Å². The van der Waals surface area contributed by atoms with E-state index in [2.05, 4.69) is 107 Å². The van der Waals surface area contributed by atoms with Crippen molar-refractivity contribution in [3.63, 3.8) is 0 Å². The standard InChI is InChI=1S/C31H38N2O2/c1-8-21-14-16-25-23(18-21)30(4,5)27(32(25)9-2)12-11-13-28-31(6,7)24-19-22(20-29(34)35)15-17-26(24)33(28)10-3/h11-19H,8-10,20H2,1-7H3/p+1. The van der Waals surface area contributed by atoms with E-state index < -0.39 is 5.97 Å². The van der Waals surface area contributed by atoms with E-state index in [9.17, 15) is 9.90 Å². The fraction of sp³-hybridized carbons (Fsp3) is 0.419. The van der Waals surface area contributed by atoms with E-state index in [1.165, 1.54) is 39.5 Å². The van der Waals surface area contributed by atoms with Gasteiger partial charge in [0.05, 0.1) is 11.8 Å². The number of rotatable bonds is 7. The maximum atomic E-state index is 11.3. The Labute approximate surface area is 210 Å². The summed E-state index contributed by atoms with van der Waals surface area (Å²) in [5, 5.41) is 9.26. The number of aryl methyl sites for hydroxylation is 1. The van der Waals surface area contributed by atoms with Crippen LogP contribution in [0.1, 0.15) is 70.7 Å². The number of hydrogen-bond donors (Lipinski definition) is 1. The molecule has 0 saturated carbocycles. The second-order valence-corrected chi connectivity index (χ2v) is 10.7. The molecule has 0 saturated heterocycles. The van der Waals surface area contributed by atoms with Gasteiger partial charge in [-0.3, -0.25) is 4.79 Å². The van der Waals surface area contributed by atoms with Gasteiger partial charge in [0.15, 0.2) is 5.71 Å². The summed E-state index contributed by atoms with van der Waals surface area (Å²) < 4.78 is 2.44. The number of aliphatic carboxylic acids is 1. The maximum Gasteiger partial charge on any atom is 0.307 e. The van der Waals surface area contributed by atoms with Crippen molar-refractivity contribution < 1.29 is 14.5 Å². The fourth-order valence-corrected chi connectivity index (χ4v) is 5.86. The summed E-state index contributed by atoms with van der Waals surface area (Å²) >= 11 is 0. The van der Waals surface area contributed by atoms with Gasteiger partial charge in [0.2, 0.25) is 5.69 Å². The van der Waals surface area contributed by atoms with Gasteiger partial charge in [-0.2, -0.15) is 4.58 Å². The molecular weight excluding hydrogens is 432 g/mol. The normalized spacial score (nSPS) is 19.1. The highest BCUT2D eigenvalue weighted by molar-refractivity contribution is 6.03. The third-order valence-electron chi connectivity index (χ3n) is 7.82. The molecule has 0 radical (unpaired) electrons. The molecule has 0 spiro atoms. The van der Waals surface area contributed by atoms with Gasteiger partial charge >= 0.3 is 5.97 Å². The number of carboxylic acid groups (broad SMARTS) is 1. The van der Waals surface area contributed by atoms with Gasteiger partial charge in [-0.05, 0) is 69.0 Å². The largest absolute Gasteiger partial charge is 0.481 e. The van der Waals surface area contributed by atoms with E-state index in [4.69, 9.17) is 0 Å². The number of anilines is 1. The number of allylic oxidation sites excluding steroid dienone is 4. The van der Waals surface area contributed by atoms with Crippen molar-refractivity contribution in [2.45, 2.75) is 72.1 Å². The molecule has 0 amide bonds. The smallest absolute Gasteiger partial charge is 0.307 e. The van der Waals surface area contributed by atoms with Gasteiger partial charge in [-0.1, -0.05) is 45.0 Å². The number of hydrogen-bond acceptors (Lipinski definition) is 2. The zero-order chi connectivity index (χ0) is 25.5. The maximum absolute atomic E-state index is 11.3. The molecule has 0 fully saturated rings. The van der Waals surface area contributed by atoms with Gasteiger partial charge in [0.25, 0.3) is 0 Å². The third kappa shape index (κ3) is 4.13. The molecule has 2 aromatic carbocycles. The third-order valence-corrected chi connectivity index (χ3v) is 7.82. The Hall–Kier alpha value is -3.14. The van der Waals surface area contributed by atoms with E-state index >= 15 is 0 Å². The average Bonchev–Trinajstić information content (AvgIpc) is 3.16. The van der Waals surface area contributed by atoms with Crippen molar-refractivity contribution >= 4 is 23.1 Å². The van der Waals surface area contributed by atoms with Crippen LogP contribution in [0.4, 0.5) is 11.4 Å². The lowest BCUT2D eigenvalue weighted by atomic mass is 9.80. The summed E-state index contributed by atoms with van der Waals surface area (Å²) in [6.07, 6.45) is 7.83. The highest BCUT2D eigenvalue weighted by atomic mass is 16.4. The number of carbonyl (C=O) groups is 1. The Kier molecular flexibility index (Phi) is 6.52. The van der Waals surface area contributed by atoms with Crippen molar-refractivity contribution in [1.82, 2.24) is 0 Å². The number of likely N-dealkylation sites (N-methyl/N-ethyl adjacent to an activating group) is 1. The minimum Gasteiger partial charge on any atom is -0.481 e. The molecule has 2 aromatic rings. The summed E-state index contributed by atoms with van der Waals surface area (Å²) in [4.78, 5) is 13.6. The first kappa shape index (κ1) is 25.0. The van der Waals surface area contributed by atoms with E-state index in [0.29, 0.717) is 0 Å². The predicted molar refractivity (Wildman–Crippen MR) is 145 cm³/mol. The molecule has 184 valence electrons. The molecular formula is C31H39N2O2+. The Balaban J connectivity index is 1.72. The Morgan fingerprint density at radius 3 is 2.29 bits per heavy atom. The van der Waals surface area contributed by atoms with Crippen LogP contribution >= 0.6 is 0 Å². The average molecular weight is 472 g/mol. The van der Waals surface area contributed by atoms with Crippen LogP contribution in [0.2, 0.25) is 0 Å².